The fourth-order valence-corrected chi connectivity index (χ4v) is 3.03. The third-order valence-electron chi connectivity index (χ3n) is 4.19. The van der Waals surface area contributed by atoms with E-state index in [1.807, 2.05) is 13.8 Å². The van der Waals surface area contributed by atoms with E-state index >= 15 is 0 Å². The highest BCUT2D eigenvalue weighted by Crippen LogP contribution is 2.19. The minimum Gasteiger partial charge on any atom is -0.391 e. The van der Waals surface area contributed by atoms with Crippen LogP contribution in [-0.4, -0.2) is 60.1 Å². The predicted molar refractivity (Wildman–Crippen MR) is 82.2 cm³/mol. The van der Waals surface area contributed by atoms with Crippen LogP contribution in [-0.2, 0) is 9.59 Å². The lowest BCUT2D eigenvalue weighted by Crippen LogP contribution is -2.51. The number of halogens is 1. The molecule has 2 aliphatic heterocycles. The minimum atomic E-state index is -0.402. The van der Waals surface area contributed by atoms with Gasteiger partial charge in [-0.15, -0.1) is 12.4 Å². The number of aliphatic hydroxyl groups excluding tert-OH is 1. The molecule has 0 aromatic heterocycles. The first-order valence-corrected chi connectivity index (χ1v) is 7.46. The average molecular weight is 320 g/mol. The van der Waals surface area contributed by atoms with Crippen molar-refractivity contribution in [3.8, 4) is 0 Å². The fraction of sp³-hybridized carbons (Fsp3) is 0.857. The molecule has 21 heavy (non-hydrogen) atoms. The molecule has 2 fully saturated rings. The van der Waals surface area contributed by atoms with E-state index in [0.29, 0.717) is 26.1 Å². The maximum absolute atomic E-state index is 12.4. The normalized spacial score (nSPS) is 26.9. The van der Waals surface area contributed by atoms with Gasteiger partial charge in [-0.05, 0) is 12.3 Å². The zero-order valence-electron chi connectivity index (χ0n) is 12.7. The molecular weight excluding hydrogens is 294 g/mol. The van der Waals surface area contributed by atoms with Gasteiger partial charge < -0.3 is 20.6 Å². The van der Waals surface area contributed by atoms with Crippen molar-refractivity contribution in [2.45, 2.75) is 38.8 Å². The Hall–Kier alpha value is -0.850. The molecule has 122 valence electrons. The highest BCUT2D eigenvalue weighted by Gasteiger charge is 2.35. The Kier molecular flexibility index (Phi) is 6.90. The summed E-state index contributed by atoms with van der Waals surface area (Å²) in [5.41, 5.74) is 0. The van der Waals surface area contributed by atoms with E-state index in [4.69, 9.17) is 0 Å². The first-order valence-electron chi connectivity index (χ1n) is 7.46. The topological polar surface area (TPSA) is 81.7 Å². The highest BCUT2D eigenvalue weighted by atomic mass is 35.5. The van der Waals surface area contributed by atoms with Gasteiger partial charge in [0.1, 0.15) is 6.04 Å². The SMILES string of the molecule is CC(C)C(C(=O)NCC1CNCC1O)N1CCCC1=O.Cl. The van der Waals surface area contributed by atoms with Crippen LogP contribution in [0.2, 0.25) is 0 Å². The van der Waals surface area contributed by atoms with Crippen LogP contribution in [0.3, 0.4) is 0 Å². The van der Waals surface area contributed by atoms with Crippen LogP contribution >= 0.6 is 12.4 Å². The molecule has 2 aliphatic rings. The van der Waals surface area contributed by atoms with Crippen molar-refractivity contribution in [3.63, 3.8) is 0 Å². The summed E-state index contributed by atoms with van der Waals surface area (Å²) in [6, 6.07) is -0.392. The first kappa shape index (κ1) is 18.2. The predicted octanol–water partition coefficient (Wildman–Crippen LogP) is -0.248. The largest absolute Gasteiger partial charge is 0.391 e. The summed E-state index contributed by atoms with van der Waals surface area (Å²) < 4.78 is 0. The van der Waals surface area contributed by atoms with Crippen LogP contribution in [0.25, 0.3) is 0 Å². The summed E-state index contributed by atoms with van der Waals surface area (Å²) in [7, 11) is 0. The Bertz CT molecular complexity index is 378. The lowest BCUT2D eigenvalue weighted by atomic mass is 10.0. The van der Waals surface area contributed by atoms with Crippen LogP contribution in [0.5, 0.6) is 0 Å². The van der Waals surface area contributed by atoms with E-state index < -0.39 is 12.1 Å². The number of β-amino-alcohol motifs (C(OH)–C–C–N with tert-alkyl or cyclic N) is 1. The van der Waals surface area contributed by atoms with Crippen molar-refractivity contribution in [3.05, 3.63) is 0 Å². The van der Waals surface area contributed by atoms with Gasteiger partial charge in [0.2, 0.25) is 11.8 Å². The number of rotatable bonds is 5. The number of hydrogen-bond acceptors (Lipinski definition) is 4. The van der Waals surface area contributed by atoms with Crippen molar-refractivity contribution >= 4 is 24.2 Å². The second-order valence-electron chi connectivity index (χ2n) is 6.11. The number of aliphatic hydroxyl groups is 1. The zero-order chi connectivity index (χ0) is 14.7. The Labute approximate surface area is 132 Å². The van der Waals surface area contributed by atoms with Gasteiger partial charge in [-0.3, -0.25) is 9.59 Å². The van der Waals surface area contributed by atoms with E-state index in [1.165, 1.54) is 0 Å². The fourth-order valence-electron chi connectivity index (χ4n) is 3.03. The van der Waals surface area contributed by atoms with Crippen molar-refractivity contribution in [2.24, 2.45) is 11.8 Å². The third-order valence-corrected chi connectivity index (χ3v) is 4.19. The van der Waals surface area contributed by atoms with Crippen LogP contribution < -0.4 is 10.6 Å². The second kappa shape index (κ2) is 7.96. The van der Waals surface area contributed by atoms with E-state index in [0.717, 1.165) is 13.0 Å². The molecule has 3 N–H and O–H groups in total. The van der Waals surface area contributed by atoms with Gasteiger partial charge in [-0.25, -0.2) is 0 Å². The minimum absolute atomic E-state index is 0. The molecule has 0 aromatic rings. The van der Waals surface area contributed by atoms with Crippen LogP contribution in [0, 0.1) is 11.8 Å². The van der Waals surface area contributed by atoms with E-state index in [-0.39, 0.29) is 36.1 Å². The van der Waals surface area contributed by atoms with Gasteiger partial charge in [-0.1, -0.05) is 13.8 Å². The molecule has 2 rings (SSSR count). The van der Waals surface area contributed by atoms with Crippen LogP contribution in [0.1, 0.15) is 26.7 Å². The maximum Gasteiger partial charge on any atom is 0.243 e. The monoisotopic (exact) mass is 319 g/mol. The lowest BCUT2D eigenvalue weighted by Gasteiger charge is -2.30. The molecule has 0 spiro atoms. The van der Waals surface area contributed by atoms with Crippen molar-refractivity contribution in [1.82, 2.24) is 15.5 Å². The number of carbonyl (C=O) groups excluding carboxylic acids is 2. The lowest BCUT2D eigenvalue weighted by molar-refractivity contribution is -0.139. The summed E-state index contributed by atoms with van der Waals surface area (Å²) >= 11 is 0. The molecule has 0 radical (unpaired) electrons. The molecule has 0 saturated carbocycles. The number of hydrogen-bond donors (Lipinski definition) is 3. The quantitative estimate of drug-likeness (QED) is 0.653. The van der Waals surface area contributed by atoms with Gasteiger partial charge in [0.05, 0.1) is 6.10 Å². The van der Waals surface area contributed by atoms with Gasteiger partial charge in [0.25, 0.3) is 0 Å². The van der Waals surface area contributed by atoms with Crippen molar-refractivity contribution in [2.75, 3.05) is 26.2 Å². The van der Waals surface area contributed by atoms with E-state index in [1.54, 1.807) is 4.90 Å². The maximum atomic E-state index is 12.4. The Morgan fingerprint density at radius 1 is 1.48 bits per heavy atom. The summed E-state index contributed by atoms with van der Waals surface area (Å²) in [5, 5.41) is 15.7. The zero-order valence-corrected chi connectivity index (χ0v) is 13.5. The van der Waals surface area contributed by atoms with Gasteiger partial charge in [0.15, 0.2) is 0 Å². The molecule has 6 nitrogen and oxygen atoms in total. The number of carbonyl (C=O) groups is 2. The molecule has 3 unspecified atom stereocenters. The van der Waals surface area contributed by atoms with Crippen LogP contribution in [0.15, 0.2) is 0 Å². The smallest absolute Gasteiger partial charge is 0.243 e. The third kappa shape index (κ3) is 4.31. The molecule has 0 aromatic carbocycles. The van der Waals surface area contributed by atoms with Gasteiger partial charge in [0, 0.05) is 38.5 Å². The molecule has 2 amide bonds. The Morgan fingerprint density at radius 3 is 2.67 bits per heavy atom. The molecule has 0 aliphatic carbocycles. The number of likely N-dealkylation sites (tertiary alicyclic amines) is 1. The standard InChI is InChI=1S/C14H25N3O3.ClH/c1-9(2)13(17-5-3-4-12(17)19)14(20)16-7-10-6-15-8-11(10)18;/h9-11,13,15,18H,3-8H2,1-2H3,(H,16,20);1H. The highest BCUT2D eigenvalue weighted by molar-refractivity contribution is 5.88. The second-order valence-corrected chi connectivity index (χ2v) is 6.11. The molecule has 0 bridgehead atoms. The van der Waals surface area contributed by atoms with E-state index in [9.17, 15) is 14.7 Å². The van der Waals surface area contributed by atoms with Gasteiger partial charge in [-0.2, -0.15) is 0 Å². The Balaban J connectivity index is 0.00000220. The molecule has 7 heteroatoms. The van der Waals surface area contributed by atoms with Crippen molar-refractivity contribution in [1.29, 1.82) is 0 Å². The first-order chi connectivity index (χ1) is 9.50. The number of nitrogens with one attached hydrogen (secondary N) is 2. The van der Waals surface area contributed by atoms with Crippen LogP contribution in [0.4, 0.5) is 0 Å². The molecule has 2 heterocycles. The average Bonchev–Trinajstić information content (AvgIpc) is 2.97. The summed E-state index contributed by atoms with van der Waals surface area (Å²) in [4.78, 5) is 25.9. The van der Waals surface area contributed by atoms with E-state index in [2.05, 4.69) is 10.6 Å². The van der Waals surface area contributed by atoms with Gasteiger partial charge >= 0.3 is 0 Å². The summed E-state index contributed by atoms with van der Waals surface area (Å²) in [5.74, 6) is 0.112. The van der Waals surface area contributed by atoms with Crippen molar-refractivity contribution < 1.29 is 14.7 Å². The number of nitrogens with zero attached hydrogens (tertiary/aromatic N) is 1. The summed E-state index contributed by atoms with van der Waals surface area (Å²) in [6.07, 6.45) is 0.976. The molecule has 3 atom stereocenters. The Morgan fingerprint density at radius 2 is 2.19 bits per heavy atom. The summed E-state index contributed by atoms with van der Waals surface area (Å²) in [6.45, 7) is 6.35. The molecule has 2 saturated heterocycles. The molecular formula is C14H26ClN3O3. The number of amides is 2.